The summed E-state index contributed by atoms with van der Waals surface area (Å²) < 4.78 is 18.4. The number of carbonyl (C=O) groups excluding carboxylic acids is 2. The van der Waals surface area contributed by atoms with E-state index in [1.54, 1.807) is 13.0 Å². The van der Waals surface area contributed by atoms with E-state index in [-0.39, 0.29) is 5.69 Å². The predicted molar refractivity (Wildman–Crippen MR) is 90.4 cm³/mol. The van der Waals surface area contributed by atoms with Gasteiger partial charge in [-0.1, -0.05) is 0 Å². The van der Waals surface area contributed by atoms with E-state index in [1.807, 2.05) is 6.92 Å². The van der Waals surface area contributed by atoms with Crippen LogP contribution < -0.4 is 5.32 Å². The topological polar surface area (TPSA) is 98.5 Å². The molecule has 1 atom stereocenters. The van der Waals surface area contributed by atoms with Gasteiger partial charge in [0.25, 0.3) is 5.91 Å². The fourth-order valence-electron chi connectivity index (χ4n) is 2.09. The molecule has 1 aromatic carbocycles. The first-order valence-electron chi connectivity index (χ1n) is 7.22. The average Bonchev–Trinajstić information content (AvgIpc) is 2.87. The number of halogens is 1. The number of nitro benzene ring substituents is 1. The quantitative estimate of drug-likeness (QED) is 0.495. The van der Waals surface area contributed by atoms with Gasteiger partial charge in [-0.3, -0.25) is 14.9 Å². The van der Waals surface area contributed by atoms with Crippen LogP contribution in [-0.4, -0.2) is 22.9 Å². The maximum atomic E-state index is 13.3. The first-order chi connectivity index (χ1) is 11.7. The van der Waals surface area contributed by atoms with Crippen LogP contribution >= 0.6 is 11.3 Å². The van der Waals surface area contributed by atoms with E-state index < -0.39 is 34.4 Å². The number of ether oxygens (including phenoxy) is 1. The van der Waals surface area contributed by atoms with Crippen molar-refractivity contribution in [2.45, 2.75) is 26.9 Å². The van der Waals surface area contributed by atoms with Crippen molar-refractivity contribution in [2.75, 3.05) is 5.32 Å². The minimum Gasteiger partial charge on any atom is -0.449 e. The van der Waals surface area contributed by atoms with E-state index in [9.17, 15) is 24.1 Å². The molecule has 132 valence electrons. The molecular weight excluding hydrogens is 351 g/mol. The molecule has 1 N–H and O–H groups in total. The van der Waals surface area contributed by atoms with E-state index in [4.69, 9.17) is 4.74 Å². The number of rotatable bonds is 5. The monoisotopic (exact) mass is 366 g/mol. The number of hydrogen-bond acceptors (Lipinski definition) is 6. The number of nitrogens with zero attached hydrogens (tertiary/aromatic N) is 1. The third kappa shape index (κ3) is 4.38. The molecule has 0 spiro atoms. The summed E-state index contributed by atoms with van der Waals surface area (Å²) in [5.74, 6) is -2.32. The van der Waals surface area contributed by atoms with Gasteiger partial charge in [-0.05, 0) is 39.0 Å². The Morgan fingerprint density at radius 1 is 1.32 bits per heavy atom. The van der Waals surface area contributed by atoms with Crippen molar-refractivity contribution in [1.29, 1.82) is 0 Å². The van der Waals surface area contributed by atoms with Gasteiger partial charge < -0.3 is 10.1 Å². The maximum absolute atomic E-state index is 13.3. The molecule has 0 fully saturated rings. The molecule has 1 aromatic heterocycles. The van der Waals surface area contributed by atoms with Crippen molar-refractivity contribution in [1.82, 2.24) is 0 Å². The summed E-state index contributed by atoms with van der Waals surface area (Å²) >= 11 is 1.44. The van der Waals surface area contributed by atoms with Crippen LogP contribution in [0.4, 0.5) is 15.8 Å². The molecule has 0 radical (unpaired) electrons. The summed E-state index contributed by atoms with van der Waals surface area (Å²) in [5.41, 5.74) is -0.338. The minimum absolute atomic E-state index is 0.0311. The highest BCUT2D eigenvalue weighted by Gasteiger charge is 2.22. The molecule has 0 saturated heterocycles. The highest BCUT2D eigenvalue weighted by Crippen LogP contribution is 2.23. The van der Waals surface area contributed by atoms with Crippen LogP contribution in [-0.2, 0) is 9.53 Å². The van der Waals surface area contributed by atoms with Crippen LogP contribution in [0, 0.1) is 29.8 Å². The van der Waals surface area contributed by atoms with E-state index in [0.29, 0.717) is 5.56 Å². The summed E-state index contributed by atoms with van der Waals surface area (Å²) in [4.78, 5) is 35.7. The third-order valence-electron chi connectivity index (χ3n) is 3.32. The first-order valence-corrected chi connectivity index (χ1v) is 8.03. The Labute approximate surface area is 146 Å². The predicted octanol–water partition coefficient (Wildman–Crippen LogP) is 3.60. The van der Waals surface area contributed by atoms with Gasteiger partial charge in [0, 0.05) is 21.5 Å². The zero-order valence-electron chi connectivity index (χ0n) is 13.7. The second-order valence-corrected chi connectivity index (χ2v) is 6.75. The molecule has 25 heavy (non-hydrogen) atoms. The number of aryl methyl sites for hydroxylation is 2. The second kappa shape index (κ2) is 7.39. The van der Waals surface area contributed by atoms with Crippen LogP contribution in [0.5, 0.6) is 0 Å². The summed E-state index contributed by atoms with van der Waals surface area (Å²) in [7, 11) is 0. The average molecular weight is 366 g/mol. The van der Waals surface area contributed by atoms with Crippen LogP contribution in [0.1, 0.15) is 27.0 Å². The number of nitrogens with one attached hydrogen (secondary N) is 1. The molecule has 2 aromatic rings. The lowest BCUT2D eigenvalue weighted by Gasteiger charge is -2.13. The van der Waals surface area contributed by atoms with E-state index in [0.717, 1.165) is 21.9 Å². The molecule has 7 nitrogen and oxygen atoms in total. The molecule has 1 heterocycles. The minimum atomic E-state index is -1.13. The number of nitro groups is 1. The second-order valence-electron chi connectivity index (χ2n) is 5.29. The van der Waals surface area contributed by atoms with Gasteiger partial charge in [0.1, 0.15) is 0 Å². The van der Waals surface area contributed by atoms with Crippen molar-refractivity contribution in [3.8, 4) is 0 Å². The number of amides is 1. The van der Waals surface area contributed by atoms with E-state index in [2.05, 4.69) is 5.32 Å². The van der Waals surface area contributed by atoms with Crippen molar-refractivity contribution in [3.05, 3.63) is 55.5 Å². The summed E-state index contributed by atoms with van der Waals surface area (Å²) in [6, 6.07) is 4.63. The lowest BCUT2D eigenvalue weighted by molar-refractivity contribution is -0.387. The lowest BCUT2D eigenvalue weighted by Crippen LogP contribution is -2.30. The number of carbonyl (C=O) groups is 2. The van der Waals surface area contributed by atoms with E-state index in [1.165, 1.54) is 24.3 Å². The maximum Gasteiger partial charge on any atom is 0.340 e. The van der Waals surface area contributed by atoms with Gasteiger partial charge in [-0.15, -0.1) is 11.3 Å². The van der Waals surface area contributed by atoms with Crippen LogP contribution in [0.2, 0.25) is 0 Å². The molecule has 0 aliphatic carbocycles. The van der Waals surface area contributed by atoms with Crippen molar-refractivity contribution >= 4 is 34.6 Å². The summed E-state index contributed by atoms with van der Waals surface area (Å²) in [6.45, 7) is 5.00. The molecule has 0 aliphatic rings. The molecule has 0 saturated carbocycles. The van der Waals surface area contributed by atoms with Crippen LogP contribution in [0.3, 0.4) is 0 Å². The number of esters is 1. The normalized spacial score (nSPS) is 11.7. The Morgan fingerprint density at radius 3 is 2.56 bits per heavy atom. The zero-order chi connectivity index (χ0) is 18.7. The summed E-state index contributed by atoms with van der Waals surface area (Å²) in [6.07, 6.45) is -1.13. The Balaban J connectivity index is 2.05. The molecule has 0 aliphatic heterocycles. The largest absolute Gasteiger partial charge is 0.449 e. The number of anilines is 1. The highest BCUT2D eigenvalue weighted by molar-refractivity contribution is 7.12. The van der Waals surface area contributed by atoms with Crippen LogP contribution in [0.15, 0.2) is 24.3 Å². The molecule has 1 amide bonds. The third-order valence-corrected chi connectivity index (χ3v) is 4.29. The van der Waals surface area contributed by atoms with Gasteiger partial charge in [0.15, 0.2) is 6.10 Å². The van der Waals surface area contributed by atoms with Crippen molar-refractivity contribution in [2.24, 2.45) is 0 Å². The number of thiophene rings is 1. The Bertz CT molecular complexity index is 849. The van der Waals surface area contributed by atoms with Crippen molar-refractivity contribution in [3.63, 3.8) is 0 Å². The first kappa shape index (κ1) is 18.5. The number of hydrogen-bond donors (Lipinski definition) is 1. The molecular formula is C16H15FN2O5S. The van der Waals surface area contributed by atoms with Gasteiger partial charge in [-0.2, -0.15) is 4.39 Å². The Morgan fingerprint density at radius 2 is 2.00 bits per heavy atom. The highest BCUT2D eigenvalue weighted by atomic mass is 32.1. The summed E-state index contributed by atoms with van der Waals surface area (Å²) in [5, 5.41) is 13.1. The van der Waals surface area contributed by atoms with Crippen LogP contribution in [0.25, 0.3) is 0 Å². The Hall–Kier alpha value is -2.81. The van der Waals surface area contributed by atoms with Gasteiger partial charge in [-0.25, -0.2) is 4.79 Å². The molecule has 0 bridgehead atoms. The lowest BCUT2D eigenvalue weighted by atomic mass is 10.2. The zero-order valence-corrected chi connectivity index (χ0v) is 14.5. The van der Waals surface area contributed by atoms with Crippen molar-refractivity contribution < 1.29 is 23.6 Å². The van der Waals surface area contributed by atoms with Gasteiger partial charge in [0.05, 0.1) is 10.5 Å². The van der Waals surface area contributed by atoms with Gasteiger partial charge >= 0.3 is 11.7 Å². The number of benzene rings is 1. The fraction of sp³-hybridized carbons (Fsp3) is 0.250. The smallest absolute Gasteiger partial charge is 0.340 e. The van der Waals surface area contributed by atoms with E-state index >= 15 is 0 Å². The molecule has 2 rings (SSSR count). The Kier molecular flexibility index (Phi) is 5.48. The molecule has 0 unspecified atom stereocenters. The van der Waals surface area contributed by atoms with Gasteiger partial charge in [0.2, 0.25) is 5.82 Å². The fourth-order valence-corrected chi connectivity index (χ4v) is 3.00. The SMILES string of the molecule is Cc1cc(C(=O)O[C@H](C)C(=O)Nc2ccc(F)c([N+](=O)[O-])c2)c(C)s1. The molecule has 9 heteroatoms. The standard InChI is InChI=1S/C16H15FN2O5S/c1-8-6-12(10(3)25-8)16(21)24-9(2)15(20)18-11-4-5-13(17)14(7-11)19(22)23/h4-7,9H,1-3H3,(H,18,20)/t9-/m1/s1.